The maximum absolute atomic E-state index is 12.6. The summed E-state index contributed by atoms with van der Waals surface area (Å²) in [6.07, 6.45) is 2.95. The van der Waals surface area contributed by atoms with Gasteiger partial charge in [0.1, 0.15) is 5.82 Å². The van der Waals surface area contributed by atoms with Crippen molar-refractivity contribution in [3.63, 3.8) is 0 Å². The minimum absolute atomic E-state index is 0.0423. The number of ether oxygens (including phenoxy) is 1. The minimum Gasteiger partial charge on any atom is -0.462 e. The highest BCUT2D eigenvalue weighted by molar-refractivity contribution is 5.87. The van der Waals surface area contributed by atoms with Gasteiger partial charge in [-0.05, 0) is 29.2 Å². The van der Waals surface area contributed by atoms with Crippen LogP contribution >= 0.6 is 0 Å². The molecule has 0 heterocycles. The number of esters is 1. The first-order valence-electron chi connectivity index (χ1n) is 5.47. The van der Waals surface area contributed by atoms with E-state index in [1.165, 1.54) is 18.2 Å². The van der Waals surface area contributed by atoms with Crippen molar-refractivity contribution in [3.8, 4) is 0 Å². The molecule has 0 unspecified atom stereocenters. The van der Waals surface area contributed by atoms with Crippen LogP contribution in [0.2, 0.25) is 0 Å². The van der Waals surface area contributed by atoms with Crippen LogP contribution in [-0.4, -0.2) is 12.6 Å². The highest BCUT2D eigenvalue weighted by Gasteiger charge is 2.12. The van der Waals surface area contributed by atoms with Crippen molar-refractivity contribution in [2.24, 2.45) is 5.41 Å². The number of carbonyl (C=O) groups excluding carboxylic acids is 1. The van der Waals surface area contributed by atoms with Gasteiger partial charge >= 0.3 is 5.97 Å². The van der Waals surface area contributed by atoms with Gasteiger partial charge in [-0.2, -0.15) is 0 Å². The maximum Gasteiger partial charge on any atom is 0.330 e. The fourth-order valence-corrected chi connectivity index (χ4v) is 1.07. The molecule has 3 heteroatoms. The van der Waals surface area contributed by atoms with Crippen LogP contribution in [-0.2, 0) is 9.53 Å². The average Bonchev–Trinajstić information content (AvgIpc) is 2.25. The molecule has 1 aromatic carbocycles. The summed E-state index contributed by atoms with van der Waals surface area (Å²) < 4.78 is 17.7. The Labute approximate surface area is 101 Å². The van der Waals surface area contributed by atoms with Crippen molar-refractivity contribution in [1.82, 2.24) is 0 Å². The first-order valence-corrected chi connectivity index (χ1v) is 5.47. The summed E-state index contributed by atoms with van der Waals surface area (Å²) in [5, 5.41) is 0. The standard InChI is InChI=1S/C14H17FO2/c1-14(2,3)10-17-13(16)9-6-11-4-7-12(15)8-5-11/h4-9H,10H2,1-3H3. The van der Waals surface area contributed by atoms with Crippen molar-refractivity contribution in [2.75, 3.05) is 6.61 Å². The van der Waals surface area contributed by atoms with E-state index in [0.717, 1.165) is 5.56 Å². The zero-order valence-corrected chi connectivity index (χ0v) is 10.4. The van der Waals surface area contributed by atoms with Crippen LogP contribution in [0.15, 0.2) is 30.3 Å². The lowest BCUT2D eigenvalue weighted by Gasteiger charge is -2.16. The monoisotopic (exact) mass is 236 g/mol. The molecule has 2 nitrogen and oxygen atoms in total. The molecular weight excluding hydrogens is 219 g/mol. The third-order valence-electron chi connectivity index (χ3n) is 1.93. The first kappa shape index (κ1) is 13.4. The number of hydrogen-bond acceptors (Lipinski definition) is 2. The molecule has 0 saturated carbocycles. The van der Waals surface area contributed by atoms with Gasteiger partial charge in [-0.25, -0.2) is 9.18 Å². The molecule has 0 bridgehead atoms. The van der Waals surface area contributed by atoms with Crippen LogP contribution in [0.4, 0.5) is 4.39 Å². The Balaban J connectivity index is 2.48. The van der Waals surface area contributed by atoms with E-state index in [1.54, 1.807) is 18.2 Å². The van der Waals surface area contributed by atoms with Crippen molar-refractivity contribution >= 4 is 12.0 Å². The van der Waals surface area contributed by atoms with Crippen LogP contribution in [0.3, 0.4) is 0 Å². The average molecular weight is 236 g/mol. The third-order valence-corrected chi connectivity index (χ3v) is 1.93. The summed E-state index contributed by atoms with van der Waals surface area (Å²) in [5.74, 6) is -0.679. The lowest BCUT2D eigenvalue weighted by molar-refractivity contribution is -0.140. The van der Waals surface area contributed by atoms with Crippen LogP contribution in [0.25, 0.3) is 6.08 Å². The Morgan fingerprint density at radius 3 is 2.41 bits per heavy atom. The second-order valence-electron chi connectivity index (χ2n) is 5.05. The largest absolute Gasteiger partial charge is 0.462 e. The summed E-state index contributed by atoms with van der Waals surface area (Å²) in [6, 6.07) is 5.89. The van der Waals surface area contributed by atoms with Crippen LogP contribution in [0.1, 0.15) is 26.3 Å². The zero-order valence-electron chi connectivity index (χ0n) is 10.4. The summed E-state index contributed by atoms with van der Waals surface area (Å²) >= 11 is 0. The first-order chi connectivity index (χ1) is 7.87. The van der Waals surface area contributed by atoms with Crippen molar-refractivity contribution in [1.29, 1.82) is 0 Å². The molecule has 0 radical (unpaired) electrons. The lowest BCUT2D eigenvalue weighted by atomic mass is 9.99. The molecule has 0 atom stereocenters. The van der Waals surface area contributed by atoms with Gasteiger partial charge in [0, 0.05) is 6.08 Å². The molecule has 0 spiro atoms. The predicted molar refractivity (Wildman–Crippen MR) is 65.8 cm³/mol. The zero-order chi connectivity index (χ0) is 12.9. The van der Waals surface area contributed by atoms with Crippen LogP contribution in [0, 0.1) is 11.2 Å². The molecule has 1 rings (SSSR count). The van der Waals surface area contributed by atoms with E-state index < -0.39 is 0 Å². The van der Waals surface area contributed by atoms with Crippen molar-refractivity contribution in [2.45, 2.75) is 20.8 Å². The fraction of sp³-hybridized carbons (Fsp3) is 0.357. The van der Waals surface area contributed by atoms with Gasteiger partial charge in [-0.1, -0.05) is 32.9 Å². The number of halogens is 1. The van der Waals surface area contributed by atoms with E-state index in [4.69, 9.17) is 4.74 Å². The summed E-state index contributed by atoms with van der Waals surface area (Å²) in [5.41, 5.74) is 0.721. The summed E-state index contributed by atoms with van der Waals surface area (Å²) in [7, 11) is 0. The Bertz CT molecular complexity index is 399. The maximum atomic E-state index is 12.6. The molecule has 92 valence electrons. The molecule has 0 aliphatic rings. The minimum atomic E-state index is -0.385. The topological polar surface area (TPSA) is 26.3 Å². The van der Waals surface area contributed by atoms with Crippen LogP contribution < -0.4 is 0 Å². The normalized spacial score (nSPS) is 11.8. The van der Waals surface area contributed by atoms with E-state index in [9.17, 15) is 9.18 Å². The molecule has 0 amide bonds. The van der Waals surface area contributed by atoms with Gasteiger partial charge in [0.25, 0.3) is 0 Å². The highest BCUT2D eigenvalue weighted by Crippen LogP contribution is 2.13. The highest BCUT2D eigenvalue weighted by atomic mass is 19.1. The molecule has 17 heavy (non-hydrogen) atoms. The van der Waals surface area contributed by atoms with Gasteiger partial charge in [-0.3, -0.25) is 0 Å². The van der Waals surface area contributed by atoms with Crippen molar-refractivity contribution < 1.29 is 13.9 Å². The molecule has 1 aromatic rings. The Kier molecular flexibility index (Phi) is 4.44. The molecule has 0 aliphatic carbocycles. The van der Waals surface area contributed by atoms with E-state index in [-0.39, 0.29) is 17.2 Å². The predicted octanol–water partition coefficient (Wildman–Crippen LogP) is 3.43. The lowest BCUT2D eigenvalue weighted by Crippen LogP contribution is -2.17. The Morgan fingerprint density at radius 2 is 1.88 bits per heavy atom. The third kappa shape index (κ3) is 5.85. The number of carbonyl (C=O) groups is 1. The van der Waals surface area contributed by atoms with Gasteiger partial charge in [-0.15, -0.1) is 0 Å². The molecular formula is C14H17FO2. The molecule has 0 fully saturated rings. The molecule has 0 aromatic heterocycles. The second kappa shape index (κ2) is 5.62. The SMILES string of the molecule is CC(C)(C)COC(=O)C=Cc1ccc(F)cc1. The van der Waals surface area contributed by atoms with E-state index in [1.807, 2.05) is 20.8 Å². The number of rotatable bonds is 3. The van der Waals surface area contributed by atoms with E-state index >= 15 is 0 Å². The second-order valence-corrected chi connectivity index (χ2v) is 5.05. The Hall–Kier alpha value is -1.64. The fourth-order valence-electron chi connectivity index (χ4n) is 1.07. The van der Waals surface area contributed by atoms with Gasteiger partial charge in [0.15, 0.2) is 0 Å². The molecule has 0 N–H and O–H groups in total. The number of benzene rings is 1. The number of hydrogen-bond donors (Lipinski definition) is 0. The summed E-state index contributed by atoms with van der Waals surface area (Å²) in [6.45, 7) is 6.34. The quantitative estimate of drug-likeness (QED) is 0.593. The van der Waals surface area contributed by atoms with Gasteiger partial charge in [0.05, 0.1) is 6.61 Å². The van der Waals surface area contributed by atoms with E-state index in [2.05, 4.69) is 0 Å². The van der Waals surface area contributed by atoms with Gasteiger partial charge in [0.2, 0.25) is 0 Å². The molecule has 0 aliphatic heterocycles. The van der Waals surface area contributed by atoms with Crippen LogP contribution in [0.5, 0.6) is 0 Å². The summed E-state index contributed by atoms with van der Waals surface area (Å²) in [4.78, 5) is 11.3. The van der Waals surface area contributed by atoms with Gasteiger partial charge < -0.3 is 4.74 Å². The smallest absolute Gasteiger partial charge is 0.330 e. The molecule has 0 saturated heterocycles. The van der Waals surface area contributed by atoms with E-state index in [0.29, 0.717) is 6.61 Å². The Morgan fingerprint density at radius 1 is 1.29 bits per heavy atom. The van der Waals surface area contributed by atoms with Crippen molar-refractivity contribution in [3.05, 3.63) is 41.7 Å².